The molecule has 0 aromatic carbocycles. The third-order valence-electron chi connectivity index (χ3n) is 2.80. The van der Waals surface area contributed by atoms with E-state index in [9.17, 15) is 0 Å². The van der Waals surface area contributed by atoms with Gasteiger partial charge in [-0.05, 0) is 26.0 Å². The summed E-state index contributed by atoms with van der Waals surface area (Å²) in [4.78, 5) is 6.54. The standard InChI is InChI=1S/C12H18N4O/c1-8-6-16(7-9(2)17-8)11-4-3-10(5-15-11)12(13)14/h3-5,8-9H,6-7H2,1-2H3,(H3,13,14). The predicted octanol–water partition coefficient (Wildman–Crippen LogP) is 0.979. The molecule has 0 amide bonds. The molecule has 92 valence electrons. The maximum atomic E-state index is 7.32. The summed E-state index contributed by atoms with van der Waals surface area (Å²) in [7, 11) is 0. The fourth-order valence-electron chi connectivity index (χ4n) is 2.10. The number of amidine groups is 1. The van der Waals surface area contributed by atoms with Crippen molar-refractivity contribution in [3.05, 3.63) is 23.9 Å². The van der Waals surface area contributed by atoms with Gasteiger partial charge in [0.2, 0.25) is 0 Å². The molecule has 17 heavy (non-hydrogen) atoms. The fraction of sp³-hybridized carbons (Fsp3) is 0.500. The van der Waals surface area contributed by atoms with Crippen molar-refractivity contribution in [1.82, 2.24) is 4.98 Å². The lowest BCUT2D eigenvalue weighted by molar-refractivity contribution is -0.00545. The van der Waals surface area contributed by atoms with Gasteiger partial charge in [-0.1, -0.05) is 0 Å². The van der Waals surface area contributed by atoms with Gasteiger partial charge in [0.25, 0.3) is 0 Å². The zero-order valence-electron chi connectivity index (χ0n) is 10.2. The minimum Gasteiger partial charge on any atom is -0.384 e. The van der Waals surface area contributed by atoms with Gasteiger partial charge in [-0.3, -0.25) is 5.41 Å². The van der Waals surface area contributed by atoms with E-state index in [1.165, 1.54) is 0 Å². The highest BCUT2D eigenvalue weighted by Crippen LogP contribution is 2.18. The number of nitrogens with zero attached hydrogens (tertiary/aromatic N) is 2. The van der Waals surface area contributed by atoms with Crippen LogP contribution in [0.1, 0.15) is 19.4 Å². The molecular formula is C12H18N4O. The van der Waals surface area contributed by atoms with E-state index in [4.69, 9.17) is 15.9 Å². The number of rotatable bonds is 2. The number of hydrogen-bond acceptors (Lipinski definition) is 4. The summed E-state index contributed by atoms with van der Waals surface area (Å²) in [6.45, 7) is 5.81. The molecule has 1 aromatic rings. The smallest absolute Gasteiger partial charge is 0.128 e. The Morgan fingerprint density at radius 2 is 2.06 bits per heavy atom. The number of hydrogen-bond donors (Lipinski definition) is 2. The van der Waals surface area contributed by atoms with Crippen molar-refractivity contribution in [2.45, 2.75) is 26.1 Å². The quantitative estimate of drug-likeness (QED) is 0.591. The number of pyridine rings is 1. The topological polar surface area (TPSA) is 75.2 Å². The lowest BCUT2D eigenvalue weighted by atomic mass is 10.2. The van der Waals surface area contributed by atoms with Gasteiger partial charge in [0.05, 0.1) is 12.2 Å². The van der Waals surface area contributed by atoms with Crippen LogP contribution in [0.3, 0.4) is 0 Å². The first-order chi connectivity index (χ1) is 8.06. The molecule has 0 saturated carbocycles. The van der Waals surface area contributed by atoms with Crippen molar-refractivity contribution in [1.29, 1.82) is 5.41 Å². The van der Waals surface area contributed by atoms with Crippen LogP contribution < -0.4 is 10.6 Å². The molecule has 2 heterocycles. The summed E-state index contributed by atoms with van der Waals surface area (Å²) in [5.41, 5.74) is 6.05. The molecule has 1 aliphatic heterocycles. The molecule has 1 aliphatic rings. The third-order valence-corrected chi connectivity index (χ3v) is 2.80. The second kappa shape index (κ2) is 4.71. The molecule has 5 nitrogen and oxygen atoms in total. The van der Waals surface area contributed by atoms with Crippen molar-refractivity contribution in [3.8, 4) is 0 Å². The monoisotopic (exact) mass is 234 g/mol. The van der Waals surface area contributed by atoms with E-state index in [0.717, 1.165) is 18.9 Å². The van der Waals surface area contributed by atoms with E-state index in [0.29, 0.717) is 5.56 Å². The Labute approximate surface area is 101 Å². The molecule has 0 aliphatic carbocycles. The maximum Gasteiger partial charge on any atom is 0.128 e. The molecule has 1 aromatic heterocycles. The SMILES string of the molecule is CC1CN(c2ccc(C(=N)N)cn2)CC(C)O1. The van der Waals surface area contributed by atoms with E-state index in [2.05, 4.69) is 23.7 Å². The van der Waals surface area contributed by atoms with Crippen LogP contribution in [0.2, 0.25) is 0 Å². The highest BCUT2D eigenvalue weighted by Gasteiger charge is 2.22. The van der Waals surface area contributed by atoms with E-state index in [1.807, 2.05) is 12.1 Å². The third kappa shape index (κ3) is 2.74. The van der Waals surface area contributed by atoms with Crippen LogP contribution in [-0.2, 0) is 4.74 Å². The molecule has 2 unspecified atom stereocenters. The average Bonchev–Trinajstić information content (AvgIpc) is 2.28. The molecular weight excluding hydrogens is 216 g/mol. The van der Waals surface area contributed by atoms with Gasteiger partial charge in [-0.15, -0.1) is 0 Å². The van der Waals surface area contributed by atoms with Gasteiger partial charge in [-0.2, -0.15) is 0 Å². The van der Waals surface area contributed by atoms with Crippen molar-refractivity contribution in [2.24, 2.45) is 5.73 Å². The zero-order chi connectivity index (χ0) is 12.4. The Morgan fingerprint density at radius 3 is 2.53 bits per heavy atom. The van der Waals surface area contributed by atoms with Crippen molar-refractivity contribution in [3.63, 3.8) is 0 Å². The maximum absolute atomic E-state index is 7.32. The number of nitrogens with one attached hydrogen (secondary N) is 1. The van der Waals surface area contributed by atoms with Gasteiger partial charge in [0.15, 0.2) is 0 Å². The average molecular weight is 234 g/mol. The van der Waals surface area contributed by atoms with Crippen molar-refractivity contribution in [2.75, 3.05) is 18.0 Å². The highest BCUT2D eigenvalue weighted by molar-refractivity contribution is 5.94. The first-order valence-corrected chi connectivity index (χ1v) is 5.77. The second-order valence-corrected chi connectivity index (χ2v) is 4.48. The van der Waals surface area contributed by atoms with E-state index < -0.39 is 0 Å². The lowest BCUT2D eigenvalue weighted by Crippen LogP contribution is -2.45. The highest BCUT2D eigenvalue weighted by atomic mass is 16.5. The summed E-state index contributed by atoms with van der Waals surface area (Å²) in [5, 5.41) is 7.32. The van der Waals surface area contributed by atoms with Crippen molar-refractivity contribution < 1.29 is 4.74 Å². The van der Waals surface area contributed by atoms with Crippen LogP contribution in [0.15, 0.2) is 18.3 Å². The lowest BCUT2D eigenvalue weighted by Gasteiger charge is -2.36. The minimum atomic E-state index is 0.0489. The molecule has 0 spiro atoms. The van der Waals surface area contributed by atoms with E-state index >= 15 is 0 Å². The summed E-state index contributed by atoms with van der Waals surface area (Å²) < 4.78 is 5.68. The Morgan fingerprint density at radius 1 is 1.41 bits per heavy atom. The Bertz CT molecular complexity index is 393. The number of aromatic nitrogens is 1. The first-order valence-electron chi connectivity index (χ1n) is 5.77. The van der Waals surface area contributed by atoms with Crippen molar-refractivity contribution >= 4 is 11.7 Å². The molecule has 2 atom stereocenters. The number of morpholine rings is 1. The van der Waals surface area contributed by atoms with Gasteiger partial charge in [-0.25, -0.2) is 4.98 Å². The van der Waals surface area contributed by atoms with E-state index in [1.54, 1.807) is 6.20 Å². The summed E-state index contributed by atoms with van der Waals surface area (Å²) in [6, 6.07) is 3.73. The summed E-state index contributed by atoms with van der Waals surface area (Å²) in [5.74, 6) is 0.963. The fourth-order valence-corrected chi connectivity index (χ4v) is 2.10. The second-order valence-electron chi connectivity index (χ2n) is 4.48. The van der Waals surface area contributed by atoms with Gasteiger partial charge < -0.3 is 15.4 Å². The molecule has 2 rings (SSSR count). The minimum absolute atomic E-state index is 0.0489. The number of nitrogens with two attached hydrogens (primary N) is 1. The molecule has 1 fully saturated rings. The Balaban J connectivity index is 2.14. The molecule has 0 radical (unpaired) electrons. The van der Waals surface area contributed by atoms with Crippen LogP contribution in [-0.4, -0.2) is 36.1 Å². The number of anilines is 1. The zero-order valence-corrected chi connectivity index (χ0v) is 10.2. The normalized spacial score (nSPS) is 24.7. The summed E-state index contributed by atoms with van der Waals surface area (Å²) >= 11 is 0. The van der Waals surface area contributed by atoms with Crippen LogP contribution in [0.4, 0.5) is 5.82 Å². The van der Waals surface area contributed by atoms with Crippen LogP contribution >= 0.6 is 0 Å². The van der Waals surface area contributed by atoms with Crippen LogP contribution in [0, 0.1) is 5.41 Å². The number of nitrogen functional groups attached to an aromatic ring is 1. The summed E-state index contributed by atoms with van der Waals surface area (Å²) in [6.07, 6.45) is 2.07. The van der Waals surface area contributed by atoms with Gasteiger partial charge >= 0.3 is 0 Å². The predicted molar refractivity (Wildman–Crippen MR) is 67.5 cm³/mol. The molecule has 3 N–H and O–H groups in total. The van der Waals surface area contributed by atoms with Crippen LogP contribution in [0.5, 0.6) is 0 Å². The molecule has 5 heteroatoms. The number of ether oxygens (including phenoxy) is 1. The largest absolute Gasteiger partial charge is 0.384 e. The Kier molecular flexibility index (Phi) is 3.28. The Hall–Kier alpha value is -1.62. The first kappa shape index (κ1) is 11.9. The van der Waals surface area contributed by atoms with E-state index in [-0.39, 0.29) is 18.0 Å². The molecule has 0 bridgehead atoms. The molecule has 1 saturated heterocycles. The van der Waals surface area contributed by atoms with Gasteiger partial charge in [0, 0.05) is 24.8 Å². The van der Waals surface area contributed by atoms with Gasteiger partial charge in [0.1, 0.15) is 11.7 Å². The van der Waals surface area contributed by atoms with Crippen LogP contribution in [0.25, 0.3) is 0 Å².